The predicted molar refractivity (Wildman–Crippen MR) is 104 cm³/mol. The highest BCUT2D eigenvalue weighted by Gasteiger charge is 2.30. The Labute approximate surface area is 168 Å². The van der Waals surface area contributed by atoms with Crippen molar-refractivity contribution >= 4 is 24.0 Å². The normalized spacial score (nSPS) is 16.1. The van der Waals surface area contributed by atoms with Crippen LogP contribution in [-0.4, -0.2) is 51.4 Å². The fourth-order valence-corrected chi connectivity index (χ4v) is 2.70. The number of methoxy groups -OCH3 is 2. The van der Waals surface area contributed by atoms with Crippen LogP contribution in [-0.2, 0) is 19.1 Å². The van der Waals surface area contributed by atoms with Crippen molar-refractivity contribution in [2.45, 2.75) is 19.9 Å². The highest BCUT2D eigenvalue weighted by Crippen LogP contribution is 2.25. The van der Waals surface area contributed by atoms with Crippen LogP contribution in [0.25, 0.3) is 6.08 Å². The number of nitrogens with one attached hydrogen (secondary N) is 2. The minimum Gasteiger partial charge on any atom is -0.497 e. The average Bonchev–Trinajstić information content (AvgIpc) is 2.70. The number of esters is 2. The van der Waals surface area contributed by atoms with E-state index in [4.69, 9.17) is 18.9 Å². The molecule has 0 saturated heterocycles. The first-order valence-electron chi connectivity index (χ1n) is 8.94. The number of carbonyl (C=O) groups is 3. The van der Waals surface area contributed by atoms with Crippen molar-refractivity contribution in [2.75, 3.05) is 27.4 Å². The fraction of sp³-hybridized carbons (Fsp3) is 0.350. The summed E-state index contributed by atoms with van der Waals surface area (Å²) in [5.41, 5.74) is 1.05. The van der Waals surface area contributed by atoms with Crippen LogP contribution in [0, 0.1) is 0 Å². The number of rotatable bonds is 8. The molecule has 0 bridgehead atoms. The number of hydrogen-bond donors (Lipinski definition) is 2. The van der Waals surface area contributed by atoms with Gasteiger partial charge in [-0.3, -0.25) is 0 Å². The largest absolute Gasteiger partial charge is 0.497 e. The summed E-state index contributed by atoms with van der Waals surface area (Å²) >= 11 is 0. The van der Waals surface area contributed by atoms with Crippen molar-refractivity contribution in [3.05, 3.63) is 41.1 Å². The van der Waals surface area contributed by atoms with Crippen LogP contribution in [0.3, 0.4) is 0 Å². The topological polar surface area (TPSA) is 112 Å². The Morgan fingerprint density at radius 2 is 1.93 bits per heavy atom. The molecular formula is C20H24N2O7. The third-order valence-electron chi connectivity index (χ3n) is 4.06. The molecule has 1 aliphatic rings. The summed E-state index contributed by atoms with van der Waals surface area (Å²) in [5.74, 6) is -0.0907. The number of benzene rings is 1. The molecule has 2 amide bonds. The SMILES string of the molecule is CCOC(=O)C1=C(COC(=O)/C=C/c2ccc(OC)cc2OC)NC(=O)N[C@@H]1C. The number of urea groups is 1. The van der Waals surface area contributed by atoms with Gasteiger partial charge in [-0.2, -0.15) is 0 Å². The zero-order valence-corrected chi connectivity index (χ0v) is 16.7. The van der Waals surface area contributed by atoms with Gasteiger partial charge in [-0.1, -0.05) is 0 Å². The van der Waals surface area contributed by atoms with Crippen molar-refractivity contribution in [3.63, 3.8) is 0 Å². The van der Waals surface area contributed by atoms with Crippen molar-refractivity contribution in [3.8, 4) is 11.5 Å². The molecule has 0 fully saturated rings. The minimum absolute atomic E-state index is 0.183. The van der Waals surface area contributed by atoms with Gasteiger partial charge in [-0.05, 0) is 32.1 Å². The van der Waals surface area contributed by atoms with Crippen LogP contribution in [0.5, 0.6) is 11.5 Å². The molecule has 2 N–H and O–H groups in total. The van der Waals surface area contributed by atoms with E-state index in [1.807, 2.05) is 0 Å². The van der Waals surface area contributed by atoms with E-state index in [1.165, 1.54) is 19.3 Å². The smallest absolute Gasteiger partial charge is 0.338 e. The van der Waals surface area contributed by atoms with E-state index in [0.717, 1.165) is 0 Å². The lowest BCUT2D eigenvalue weighted by molar-refractivity contribution is -0.140. The van der Waals surface area contributed by atoms with Crippen LogP contribution in [0.1, 0.15) is 19.4 Å². The quantitative estimate of drug-likeness (QED) is 0.502. The van der Waals surface area contributed by atoms with Gasteiger partial charge in [-0.15, -0.1) is 0 Å². The number of hydrogen-bond acceptors (Lipinski definition) is 7. The monoisotopic (exact) mass is 404 g/mol. The van der Waals surface area contributed by atoms with Crippen LogP contribution in [0.15, 0.2) is 35.5 Å². The molecule has 1 aliphatic heterocycles. The Balaban J connectivity index is 2.10. The number of amides is 2. The lowest BCUT2D eigenvalue weighted by Crippen LogP contribution is -2.50. The summed E-state index contributed by atoms with van der Waals surface area (Å²) < 4.78 is 20.6. The summed E-state index contributed by atoms with van der Waals surface area (Å²) in [6.45, 7) is 3.22. The van der Waals surface area contributed by atoms with Crippen LogP contribution >= 0.6 is 0 Å². The molecule has 0 aromatic heterocycles. The first-order chi connectivity index (χ1) is 13.9. The summed E-state index contributed by atoms with van der Waals surface area (Å²) in [6.07, 6.45) is 2.76. The number of carbonyl (C=O) groups excluding carboxylic acids is 3. The van der Waals surface area contributed by atoms with Gasteiger partial charge in [0.1, 0.15) is 18.1 Å². The molecule has 2 rings (SSSR count). The number of ether oxygens (including phenoxy) is 4. The van der Waals surface area contributed by atoms with Crippen LogP contribution in [0.2, 0.25) is 0 Å². The second-order valence-corrected chi connectivity index (χ2v) is 5.98. The third kappa shape index (κ3) is 5.74. The Kier molecular flexibility index (Phi) is 7.64. The van der Waals surface area contributed by atoms with Gasteiger partial charge < -0.3 is 29.6 Å². The molecule has 9 heteroatoms. The third-order valence-corrected chi connectivity index (χ3v) is 4.06. The fourth-order valence-electron chi connectivity index (χ4n) is 2.70. The first-order valence-corrected chi connectivity index (χ1v) is 8.94. The Morgan fingerprint density at radius 1 is 1.17 bits per heavy atom. The molecule has 0 unspecified atom stereocenters. The van der Waals surface area contributed by atoms with Crippen molar-refractivity contribution in [1.29, 1.82) is 0 Å². The molecule has 1 heterocycles. The van der Waals surface area contributed by atoms with Gasteiger partial charge in [0.25, 0.3) is 0 Å². The maximum Gasteiger partial charge on any atom is 0.338 e. The maximum absolute atomic E-state index is 12.2. The van der Waals surface area contributed by atoms with Gasteiger partial charge in [0.15, 0.2) is 0 Å². The van der Waals surface area contributed by atoms with E-state index < -0.39 is 24.0 Å². The van der Waals surface area contributed by atoms with Gasteiger partial charge in [-0.25, -0.2) is 14.4 Å². The van der Waals surface area contributed by atoms with Crippen molar-refractivity contribution in [2.24, 2.45) is 0 Å². The molecule has 1 atom stereocenters. The molecule has 0 saturated carbocycles. The van der Waals surface area contributed by atoms with Gasteiger partial charge in [0.2, 0.25) is 0 Å². The lowest BCUT2D eigenvalue weighted by atomic mass is 10.0. The van der Waals surface area contributed by atoms with Crippen LogP contribution < -0.4 is 20.1 Å². The van der Waals surface area contributed by atoms with Gasteiger partial charge >= 0.3 is 18.0 Å². The Bertz CT molecular complexity index is 845. The molecule has 0 spiro atoms. The average molecular weight is 404 g/mol. The van der Waals surface area contributed by atoms with Gasteiger partial charge in [0, 0.05) is 17.7 Å². The molecule has 1 aromatic carbocycles. The molecule has 9 nitrogen and oxygen atoms in total. The maximum atomic E-state index is 12.2. The Hall–Kier alpha value is -3.49. The van der Waals surface area contributed by atoms with E-state index >= 15 is 0 Å². The Morgan fingerprint density at radius 3 is 2.59 bits per heavy atom. The minimum atomic E-state index is -0.654. The van der Waals surface area contributed by atoms with E-state index in [-0.39, 0.29) is 24.5 Å². The van der Waals surface area contributed by atoms with Crippen LogP contribution in [0.4, 0.5) is 4.79 Å². The van der Waals surface area contributed by atoms with E-state index in [2.05, 4.69) is 10.6 Å². The standard InChI is InChI=1S/C20H24N2O7/c1-5-28-19(24)18-12(2)21-20(25)22-15(18)11-29-17(23)9-7-13-6-8-14(26-3)10-16(13)27-4/h6-10,12H,5,11H2,1-4H3,(H2,21,22,25)/b9-7+/t12-/m1/s1. The zero-order chi connectivity index (χ0) is 21.4. The highest BCUT2D eigenvalue weighted by atomic mass is 16.5. The second-order valence-electron chi connectivity index (χ2n) is 5.98. The zero-order valence-electron chi connectivity index (χ0n) is 16.7. The van der Waals surface area contributed by atoms with Crippen molar-refractivity contribution in [1.82, 2.24) is 10.6 Å². The highest BCUT2D eigenvalue weighted by molar-refractivity contribution is 5.95. The molecular weight excluding hydrogens is 380 g/mol. The molecule has 1 aromatic rings. The summed E-state index contributed by atoms with van der Waals surface area (Å²) in [7, 11) is 3.05. The predicted octanol–water partition coefficient (Wildman–Crippen LogP) is 1.78. The molecule has 29 heavy (non-hydrogen) atoms. The molecule has 0 aliphatic carbocycles. The summed E-state index contributed by atoms with van der Waals surface area (Å²) in [5, 5.41) is 5.06. The lowest BCUT2D eigenvalue weighted by Gasteiger charge is -2.26. The second kappa shape index (κ2) is 10.2. The first kappa shape index (κ1) is 21.8. The molecule has 0 radical (unpaired) electrons. The van der Waals surface area contributed by atoms with E-state index in [9.17, 15) is 14.4 Å². The van der Waals surface area contributed by atoms with E-state index in [1.54, 1.807) is 39.2 Å². The summed E-state index contributed by atoms with van der Waals surface area (Å²) in [6, 6.07) is 4.09. The molecule has 156 valence electrons. The summed E-state index contributed by atoms with van der Waals surface area (Å²) in [4.78, 5) is 36.0. The van der Waals surface area contributed by atoms with Crippen molar-refractivity contribution < 1.29 is 33.3 Å². The van der Waals surface area contributed by atoms with E-state index in [0.29, 0.717) is 17.1 Å². The van der Waals surface area contributed by atoms with Gasteiger partial charge in [0.05, 0.1) is 38.1 Å².